The third kappa shape index (κ3) is 14.1. The van der Waals surface area contributed by atoms with E-state index < -0.39 is 0 Å². The van der Waals surface area contributed by atoms with Crippen LogP contribution in [0.1, 0.15) is 243 Å². The molecule has 4 nitrogen and oxygen atoms in total. The highest BCUT2D eigenvalue weighted by molar-refractivity contribution is 7.30. The van der Waals surface area contributed by atoms with Crippen molar-refractivity contribution >= 4 is 88.7 Å². The lowest BCUT2D eigenvalue weighted by Crippen LogP contribution is -2.34. The number of benzene rings is 1. The van der Waals surface area contributed by atoms with Crippen molar-refractivity contribution in [1.82, 2.24) is 9.80 Å². The Hall–Kier alpha value is -3.04. The van der Waals surface area contributed by atoms with E-state index in [2.05, 4.69) is 128 Å². The van der Waals surface area contributed by atoms with Crippen molar-refractivity contribution in [3.63, 3.8) is 0 Å². The van der Waals surface area contributed by atoms with Crippen LogP contribution >= 0.6 is 45.3 Å². The van der Waals surface area contributed by atoms with Gasteiger partial charge in [-0.25, -0.2) is 0 Å². The van der Waals surface area contributed by atoms with Crippen molar-refractivity contribution in [3.8, 4) is 9.75 Å². The van der Waals surface area contributed by atoms with Crippen LogP contribution in [-0.4, -0.2) is 34.7 Å². The molecule has 1 aromatic carbocycles. The third-order valence-corrected chi connectivity index (χ3v) is 21.2. The summed E-state index contributed by atoms with van der Waals surface area (Å²) in [4.78, 5) is 43.3. The molecule has 0 spiro atoms. The highest BCUT2D eigenvalue weighted by Gasteiger charge is 2.50. The van der Waals surface area contributed by atoms with Crippen LogP contribution in [0, 0.1) is 11.8 Å². The number of fused-ring (bicyclic) bond motifs is 4. The van der Waals surface area contributed by atoms with Gasteiger partial charge in [-0.1, -0.05) is 210 Å². The number of unbranched alkanes of at least 4 members (excludes halogenated alkanes) is 16. The van der Waals surface area contributed by atoms with Gasteiger partial charge >= 0.3 is 0 Å². The molecule has 5 aromatic rings. The smallest absolute Gasteiger partial charge is 0.261 e. The molecule has 0 radical (unpaired) electrons. The Kier molecular flexibility index (Phi) is 21.0. The second-order valence-electron chi connectivity index (χ2n) is 23.8. The van der Waals surface area contributed by atoms with Crippen LogP contribution in [0.2, 0.25) is 0 Å². The Bertz CT molecular complexity index is 2600. The summed E-state index contributed by atoms with van der Waals surface area (Å²) < 4.78 is 2.73. The second kappa shape index (κ2) is 26.6. The predicted octanol–water partition coefficient (Wildman–Crippen LogP) is 21.0. The number of rotatable bonds is 31. The molecule has 394 valence electrons. The molecule has 0 saturated heterocycles. The second-order valence-corrected chi connectivity index (χ2v) is 28.0. The first-order chi connectivity index (χ1) is 34.7. The Morgan fingerprint density at radius 1 is 0.403 bits per heavy atom. The zero-order valence-electron chi connectivity index (χ0n) is 46.5. The molecule has 0 bridgehead atoms. The van der Waals surface area contributed by atoms with E-state index in [1.54, 1.807) is 22.7 Å². The lowest BCUT2D eigenvalue weighted by atomic mass is 9.93. The molecule has 2 atom stereocenters. The molecule has 7 rings (SSSR count). The molecule has 8 heteroatoms. The third-order valence-electron chi connectivity index (χ3n) is 15.5. The van der Waals surface area contributed by atoms with E-state index in [1.807, 2.05) is 22.7 Å². The molecule has 0 aliphatic carbocycles. The number of hydrogen-bond acceptors (Lipinski definition) is 6. The van der Waals surface area contributed by atoms with E-state index in [1.165, 1.54) is 168 Å². The Morgan fingerprint density at radius 2 is 0.792 bits per heavy atom. The SMILES string of the molecule is CCCCCCCCC(CCCCCC)CN1C(=O)C2=C(c3ccc(C(C)(C)C)s3)N(CC(CCCCCC)CCCCCCCC)C(=O)C2=C1c1ccc(-c2cc3ccc4cc(C(C)(C)C)sc4c3s2)s1. The summed E-state index contributed by atoms with van der Waals surface area (Å²) >= 11 is 7.39. The van der Waals surface area contributed by atoms with Gasteiger partial charge < -0.3 is 9.80 Å². The van der Waals surface area contributed by atoms with Crippen molar-refractivity contribution in [2.24, 2.45) is 11.8 Å². The minimum Gasteiger partial charge on any atom is -0.306 e. The molecule has 0 N–H and O–H groups in total. The Labute approximate surface area is 453 Å². The van der Waals surface area contributed by atoms with Gasteiger partial charge in [0.25, 0.3) is 11.8 Å². The number of nitrogens with zero attached hydrogens (tertiary/aromatic N) is 2. The number of thiophene rings is 4. The maximum atomic E-state index is 15.9. The predicted molar refractivity (Wildman–Crippen MR) is 320 cm³/mol. The van der Waals surface area contributed by atoms with Crippen molar-refractivity contribution in [3.05, 3.63) is 79.2 Å². The fourth-order valence-electron chi connectivity index (χ4n) is 11.1. The summed E-state index contributed by atoms with van der Waals surface area (Å²) in [6.45, 7) is 24.3. The van der Waals surface area contributed by atoms with Gasteiger partial charge in [0.05, 0.1) is 41.7 Å². The van der Waals surface area contributed by atoms with Crippen LogP contribution in [-0.2, 0) is 20.4 Å². The summed E-state index contributed by atoms with van der Waals surface area (Å²) in [5, 5.41) is 2.61. The zero-order valence-corrected chi connectivity index (χ0v) is 49.8. The van der Waals surface area contributed by atoms with Gasteiger partial charge in [-0.05, 0) is 95.5 Å². The van der Waals surface area contributed by atoms with Crippen LogP contribution in [0.15, 0.2) is 59.7 Å². The fourth-order valence-corrected chi connectivity index (χ4v) is 15.9. The summed E-state index contributed by atoms with van der Waals surface area (Å²) in [7, 11) is 0. The topological polar surface area (TPSA) is 40.6 Å². The molecule has 4 aromatic heterocycles. The number of carbonyl (C=O) groups is 2. The van der Waals surface area contributed by atoms with Crippen molar-refractivity contribution in [2.75, 3.05) is 13.1 Å². The van der Waals surface area contributed by atoms with E-state index in [-0.39, 0.29) is 22.6 Å². The van der Waals surface area contributed by atoms with Gasteiger partial charge in [-0.15, -0.1) is 45.3 Å². The molecule has 0 fully saturated rings. The van der Waals surface area contributed by atoms with E-state index in [9.17, 15) is 0 Å². The minimum absolute atomic E-state index is 0.0393. The molecular formula is C64H92N2O2S4. The first-order valence-electron chi connectivity index (χ1n) is 29.0. The number of hydrogen-bond donors (Lipinski definition) is 0. The lowest BCUT2D eigenvalue weighted by Gasteiger charge is -2.29. The Morgan fingerprint density at radius 3 is 1.25 bits per heavy atom. The lowest BCUT2D eigenvalue weighted by molar-refractivity contribution is -0.124. The summed E-state index contributed by atoms with van der Waals surface area (Å²) in [6, 6.07) is 18.3. The largest absolute Gasteiger partial charge is 0.306 e. The number of carbonyl (C=O) groups excluding carboxylic acids is 2. The summed E-state index contributed by atoms with van der Waals surface area (Å²) in [5.41, 5.74) is 3.14. The molecule has 72 heavy (non-hydrogen) atoms. The van der Waals surface area contributed by atoms with Crippen molar-refractivity contribution in [2.45, 2.75) is 234 Å². The fraction of sp³-hybridized carbons (Fsp3) is 0.625. The van der Waals surface area contributed by atoms with Gasteiger partial charge in [-0.3, -0.25) is 9.59 Å². The normalized spacial score (nSPS) is 15.5. The summed E-state index contributed by atoms with van der Waals surface area (Å²) in [6.07, 6.45) is 29.5. The Balaban J connectivity index is 1.32. The van der Waals surface area contributed by atoms with Gasteiger partial charge in [0, 0.05) is 32.6 Å². The van der Waals surface area contributed by atoms with E-state index in [4.69, 9.17) is 0 Å². The van der Waals surface area contributed by atoms with E-state index in [0.29, 0.717) is 36.1 Å². The molecule has 6 heterocycles. The standard InChI is InChI=1S/C64H92N2O2S4/c1-11-15-19-23-25-29-33-45(31-27-21-17-13-3)43-65-57(50-38-37-49(69-50)52-41-47-35-36-48-42-54(64(8,9)10)72-60(48)59(47)71-52)55-56(62(65)68)58(51-39-40-53(70-51)63(5,6)7)66(61(55)67)44-46(32-28-22-18-14-4)34-30-26-24-20-16-12-2/h35-42,45-46H,11-34,43-44H2,1-10H3. The highest BCUT2D eigenvalue weighted by atomic mass is 32.1. The molecular weight excluding hydrogens is 957 g/mol. The van der Waals surface area contributed by atoms with E-state index >= 15 is 9.59 Å². The highest BCUT2D eigenvalue weighted by Crippen LogP contribution is 2.52. The van der Waals surface area contributed by atoms with E-state index in [0.717, 1.165) is 46.8 Å². The maximum absolute atomic E-state index is 15.9. The first kappa shape index (κ1) is 56.7. The average molecular weight is 1050 g/mol. The van der Waals surface area contributed by atoms with Gasteiger partial charge in [0.15, 0.2) is 0 Å². The monoisotopic (exact) mass is 1050 g/mol. The minimum atomic E-state index is -0.0393. The van der Waals surface area contributed by atoms with Gasteiger partial charge in [0.1, 0.15) is 0 Å². The van der Waals surface area contributed by atoms with Crippen LogP contribution in [0.4, 0.5) is 0 Å². The quantitative estimate of drug-likeness (QED) is 0.0415. The molecule has 2 amide bonds. The molecule has 2 aliphatic heterocycles. The van der Waals surface area contributed by atoms with Gasteiger partial charge in [0.2, 0.25) is 0 Å². The zero-order chi connectivity index (χ0) is 51.4. The summed E-state index contributed by atoms with van der Waals surface area (Å²) in [5.74, 6) is 0.859. The molecule has 2 aliphatic rings. The number of amides is 2. The van der Waals surface area contributed by atoms with Crippen molar-refractivity contribution < 1.29 is 9.59 Å². The molecule has 0 saturated carbocycles. The average Bonchev–Trinajstić information content (AvgIpc) is 4.21. The van der Waals surface area contributed by atoms with Crippen LogP contribution in [0.3, 0.4) is 0 Å². The van der Waals surface area contributed by atoms with Crippen LogP contribution in [0.5, 0.6) is 0 Å². The maximum Gasteiger partial charge on any atom is 0.261 e. The van der Waals surface area contributed by atoms with Crippen LogP contribution in [0.25, 0.3) is 41.3 Å². The first-order valence-corrected chi connectivity index (χ1v) is 32.2. The van der Waals surface area contributed by atoms with Crippen molar-refractivity contribution in [1.29, 1.82) is 0 Å². The van der Waals surface area contributed by atoms with Crippen LogP contribution < -0.4 is 0 Å². The van der Waals surface area contributed by atoms with Gasteiger partial charge in [-0.2, -0.15) is 0 Å². The molecule has 2 unspecified atom stereocenters.